The fourth-order valence-corrected chi connectivity index (χ4v) is 1.30. The average molecular weight is 217 g/mol. The van der Waals surface area contributed by atoms with Crippen molar-refractivity contribution in [2.45, 2.75) is 53.0 Å². The molecule has 0 aromatic carbocycles. The standard InChI is InChI=1S/C12H27NO2/c1-11(2,3)7-6-8-15-9-12(4,5)13-10-14/h13-14H,6-10H2,1-5H3. The van der Waals surface area contributed by atoms with Gasteiger partial charge in [-0.2, -0.15) is 0 Å². The van der Waals surface area contributed by atoms with Crippen LogP contribution in [0.5, 0.6) is 0 Å². The minimum Gasteiger partial charge on any atom is -0.381 e. The number of hydrogen-bond acceptors (Lipinski definition) is 3. The number of ether oxygens (including phenoxy) is 1. The van der Waals surface area contributed by atoms with Crippen LogP contribution in [0.3, 0.4) is 0 Å². The number of rotatable bonds is 7. The van der Waals surface area contributed by atoms with Gasteiger partial charge in [-0.25, -0.2) is 0 Å². The van der Waals surface area contributed by atoms with Crippen LogP contribution in [-0.4, -0.2) is 30.6 Å². The molecular weight excluding hydrogens is 190 g/mol. The molecular formula is C12H27NO2. The lowest BCUT2D eigenvalue weighted by Gasteiger charge is -2.25. The Balaban J connectivity index is 3.46. The lowest BCUT2D eigenvalue weighted by atomic mass is 9.91. The summed E-state index contributed by atoms with van der Waals surface area (Å²) < 4.78 is 5.57. The van der Waals surface area contributed by atoms with E-state index in [0.29, 0.717) is 12.0 Å². The van der Waals surface area contributed by atoms with Gasteiger partial charge in [0.25, 0.3) is 0 Å². The lowest BCUT2D eigenvalue weighted by molar-refractivity contribution is 0.0631. The van der Waals surface area contributed by atoms with E-state index < -0.39 is 0 Å². The topological polar surface area (TPSA) is 41.5 Å². The Morgan fingerprint density at radius 2 is 1.73 bits per heavy atom. The van der Waals surface area contributed by atoms with Gasteiger partial charge in [-0.05, 0) is 32.1 Å². The molecule has 0 aliphatic heterocycles. The summed E-state index contributed by atoms with van der Waals surface area (Å²) in [7, 11) is 0. The molecule has 0 bridgehead atoms. The number of aliphatic hydroxyl groups is 1. The molecule has 0 saturated carbocycles. The predicted octanol–water partition coefficient (Wildman–Crippen LogP) is 2.15. The normalized spacial score (nSPS) is 13.2. The highest BCUT2D eigenvalue weighted by Gasteiger charge is 2.16. The first kappa shape index (κ1) is 14.9. The molecule has 0 aliphatic rings. The van der Waals surface area contributed by atoms with Gasteiger partial charge in [-0.3, -0.25) is 5.32 Å². The van der Waals surface area contributed by atoms with Gasteiger partial charge < -0.3 is 9.84 Å². The van der Waals surface area contributed by atoms with Gasteiger partial charge in [0.15, 0.2) is 0 Å². The van der Waals surface area contributed by atoms with E-state index in [1.165, 1.54) is 6.42 Å². The second kappa shape index (κ2) is 6.46. The second-order valence-corrected chi connectivity index (χ2v) is 5.94. The van der Waals surface area contributed by atoms with Crippen molar-refractivity contribution in [3.8, 4) is 0 Å². The van der Waals surface area contributed by atoms with Crippen molar-refractivity contribution >= 4 is 0 Å². The van der Waals surface area contributed by atoms with Crippen LogP contribution < -0.4 is 5.32 Å². The molecule has 3 nitrogen and oxygen atoms in total. The Bertz CT molecular complexity index is 161. The molecule has 0 aliphatic carbocycles. The summed E-state index contributed by atoms with van der Waals surface area (Å²) in [4.78, 5) is 0. The Labute approximate surface area is 94.2 Å². The summed E-state index contributed by atoms with van der Waals surface area (Å²) in [5, 5.41) is 11.7. The summed E-state index contributed by atoms with van der Waals surface area (Å²) in [6, 6.07) is 0. The number of aliphatic hydroxyl groups excluding tert-OH is 1. The van der Waals surface area contributed by atoms with E-state index in [9.17, 15) is 0 Å². The van der Waals surface area contributed by atoms with Gasteiger partial charge in [-0.15, -0.1) is 0 Å². The fourth-order valence-electron chi connectivity index (χ4n) is 1.30. The van der Waals surface area contributed by atoms with Gasteiger partial charge in [0, 0.05) is 12.1 Å². The van der Waals surface area contributed by atoms with Crippen LogP contribution in [0.1, 0.15) is 47.5 Å². The molecule has 2 N–H and O–H groups in total. The van der Waals surface area contributed by atoms with Crippen LogP contribution in [0.25, 0.3) is 0 Å². The van der Waals surface area contributed by atoms with E-state index >= 15 is 0 Å². The van der Waals surface area contributed by atoms with E-state index in [0.717, 1.165) is 13.0 Å². The Morgan fingerprint density at radius 3 is 2.20 bits per heavy atom. The van der Waals surface area contributed by atoms with Crippen molar-refractivity contribution in [2.24, 2.45) is 5.41 Å². The molecule has 15 heavy (non-hydrogen) atoms. The zero-order valence-electron chi connectivity index (χ0n) is 10.9. The van der Waals surface area contributed by atoms with Crippen LogP contribution in [-0.2, 0) is 4.74 Å². The molecule has 0 atom stereocenters. The molecule has 0 saturated heterocycles. The third-order valence-corrected chi connectivity index (χ3v) is 2.24. The van der Waals surface area contributed by atoms with Crippen LogP contribution in [0.2, 0.25) is 0 Å². The zero-order valence-corrected chi connectivity index (χ0v) is 10.9. The summed E-state index contributed by atoms with van der Waals surface area (Å²) in [5.74, 6) is 0. The Hall–Kier alpha value is -0.120. The monoisotopic (exact) mass is 217 g/mol. The van der Waals surface area contributed by atoms with E-state index in [1.807, 2.05) is 13.8 Å². The van der Waals surface area contributed by atoms with Crippen LogP contribution in [0.4, 0.5) is 0 Å². The second-order valence-electron chi connectivity index (χ2n) is 5.94. The Morgan fingerprint density at radius 1 is 1.13 bits per heavy atom. The van der Waals surface area contributed by atoms with E-state index in [1.54, 1.807) is 0 Å². The summed E-state index contributed by atoms with van der Waals surface area (Å²) in [6.45, 7) is 12.2. The Kier molecular flexibility index (Phi) is 6.41. The van der Waals surface area contributed by atoms with Crippen molar-refractivity contribution in [1.82, 2.24) is 5.32 Å². The van der Waals surface area contributed by atoms with Gasteiger partial charge in [-0.1, -0.05) is 20.8 Å². The minimum absolute atomic E-state index is 0.00164. The molecule has 0 amide bonds. The predicted molar refractivity (Wildman–Crippen MR) is 63.8 cm³/mol. The molecule has 3 heteroatoms. The SMILES string of the molecule is CC(C)(C)CCCOCC(C)(C)NCO. The lowest BCUT2D eigenvalue weighted by Crippen LogP contribution is -2.44. The fraction of sp³-hybridized carbons (Fsp3) is 1.00. The van der Waals surface area contributed by atoms with Crippen molar-refractivity contribution in [2.75, 3.05) is 19.9 Å². The van der Waals surface area contributed by atoms with E-state index in [2.05, 4.69) is 26.1 Å². The maximum atomic E-state index is 8.74. The molecule has 0 heterocycles. The third kappa shape index (κ3) is 10.2. The third-order valence-electron chi connectivity index (χ3n) is 2.24. The first-order valence-electron chi connectivity index (χ1n) is 5.70. The summed E-state index contributed by atoms with van der Waals surface area (Å²) in [6.07, 6.45) is 2.28. The van der Waals surface area contributed by atoms with E-state index in [4.69, 9.17) is 9.84 Å². The van der Waals surface area contributed by atoms with Crippen LogP contribution in [0.15, 0.2) is 0 Å². The quantitative estimate of drug-likeness (QED) is 0.507. The van der Waals surface area contributed by atoms with Crippen molar-refractivity contribution in [3.63, 3.8) is 0 Å². The molecule has 0 spiro atoms. The molecule has 0 rings (SSSR count). The zero-order chi connectivity index (χ0) is 11.9. The van der Waals surface area contributed by atoms with Crippen LogP contribution >= 0.6 is 0 Å². The molecule has 0 radical (unpaired) electrons. The maximum absolute atomic E-state index is 8.74. The van der Waals surface area contributed by atoms with Crippen molar-refractivity contribution in [1.29, 1.82) is 0 Å². The molecule has 0 unspecified atom stereocenters. The highest BCUT2D eigenvalue weighted by molar-refractivity contribution is 4.74. The smallest absolute Gasteiger partial charge is 0.0936 e. The number of nitrogens with one attached hydrogen (secondary N) is 1. The molecule has 0 aromatic heterocycles. The van der Waals surface area contributed by atoms with Gasteiger partial charge >= 0.3 is 0 Å². The van der Waals surface area contributed by atoms with Crippen LogP contribution in [0, 0.1) is 5.41 Å². The van der Waals surface area contributed by atoms with Crippen molar-refractivity contribution < 1.29 is 9.84 Å². The largest absolute Gasteiger partial charge is 0.381 e. The van der Waals surface area contributed by atoms with Gasteiger partial charge in [0.05, 0.1) is 13.3 Å². The van der Waals surface area contributed by atoms with Crippen molar-refractivity contribution in [3.05, 3.63) is 0 Å². The maximum Gasteiger partial charge on any atom is 0.0936 e. The first-order valence-corrected chi connectivity index (χ1v) is 5.70. The highest BCUT2D eigenvalue weighted by Crippen LogP contribution is 2.20. The molecule has 0 fully saturated rings. The number of hydrogen-bond donors (Lipinski definition) is 2. The van der Waals surface area contributed by atoms with Gasteiger partial charge in [0.1, 0.15) is 0 Å². The summed E-state index contributed by atoms with van der Waals surface area (Å²) >= 11 is 0. The summed E-state index contributed by atoms with van der Waals surface area (Å²) in [5.41, 5.74) is 0.249. The minimum atomic E-state index is -0.142. The highest BCUT2D eigenvalue weighted by atomic mass is 16.5. The molecule has 92 valence electrons. The molecule has 0 aromatic rings. The van der Waals surface area contributed by atoms with Gasteiger partial charge in [0.2, 0.25) is 0 Å². The van der Waals surface area contributed by atoms with E-state index in [-0.39, 0.29) is 12.3 Å². The average Bonchev–Trinajstić information content (AvgIpc) is 2.00. The first-order chi connectivity index (χ1) is 6.77.